The number of nitrogens with zero attached hydrogens (tertiary/aromatic N) is 2. The highest BCUT2D eigenvalue weighted by Gasteiger charge is 2.07. The van der Waals surface area contributed by atoms with E-state index in [0.29, 0.717) is 11.3 Å². The molecule has 1 aromatic carbocycles. The fourth-order valence-electron chi connectivity index (χ4n) is 1.58. The Balaban J connectivity index is 2.13. The molecule has 0 aliphatic heterocycles. The predicted octanol–water partition coefficient (Wildman–Crippen LogP) is 2.56. The van der Waals surface area contributed by atoms with E-state index in [2.05, 4.69) is 4.98 Å². The van der Waals surface area contributed by atoms with Crippen molar-refractivity contribution < 1.29 is 9.13 Å². The molecule has 2 aromatic rings. The first-order valence-corrected chi connectivity index (χ1v) is 5.64. The topological polar surface area (TPSA) is 71.9 Å². The first-order chi connectivity index (χ1) is 9.10. The van der Waals surface area contributed by atoms with Gasteiger partial charge in [-0.15, -0.1) is 0 Å². The molecule has 0 saturated heterocycles. The van der Waals surface area contributed by atoms with Crippen molar-refractivity contribution in [3.05, 3.63) is 53.0 Å². The van der Waals surface area contributed by atoms with E-state index in [1.54, 1.807) is 18.2 Å². The van der Waals surface area contributed by atoms with E-state index < -0.39 is 5.82 Å². The van der Waals surface area contributed by atoms with E-state index in [4.69, 9.17) is 15.7 Å². The SMILES string of the molecule is Cc1ccc(OCc2ccc(C#N)cc2F)c(N)n1. The zero-order chi connectivity index (χ0) is 13.8. The molecule has 0 aliphatic carbocycles. The molecule has 2 N–H and O–H groups in total. The first kappa shape index (κ1) is 12.8. The average molecular weight is 257 g/mol. The summed E-state index contributed by atoms with van der Waals surface area (Å²) in [6, 6.07) is 9.57. The quantitative estimate of drug-likeness (QED) is 0.917. The Kier molecular flexibility index (Phi) is 3.62. The number of anilines is 1. The van der Waals surface area contributed by atoms with Gasteiger partial charge in [0, 0.05) is 11.3 Å². The van der Waals surface area contributed by atoms with E-state index in [0.717, 1.165) is 5.69 Å². The summed E-state index contributed by atoms with van der Waals surface area (Å²) in [5.41, 5.74) is 7.12. The summed E-state index contributed by atoms with van der Waals surface area (Å²) in [5, 5.41) is 8.65. The number of benzene rings is 1. The Hall–Kier alpha value is -2.61. The average Bonchev–Trinajstić information content (AvgIpc) is 2.39. The van der Waals surface area contributed by atoms with Gasteiger partial charge >= 0.3 is 0 Å². The van der Waals surface area contributed by atoms with Crippen LogP contribution >= 0.6 is 0 Å². The highest BCUT2D eigenvalue weighted by atomic mass is 19.1. The van der Waals surface area contributed by atoms with Crippen LogP contribution in [-0.2, 0) is 6.61 Å². The van der Waals surface area contributed by atoms with Gasteiger partial charge in [-0.3, -0.25) is 0 Å². The van der Waals surface area contributed by atoms with Gasteiger partial charge in [-0.05, 0) is 31.2 Å². The maximum atomic E-state index is 13.6. The van der Waals surface area contributed by atoms with Crippen LogP contribution in [0.2, 0.25) is 0 Å². The van der Waals surface area contributed by atoms with Crippen LogP contribution in [0.1, 0.15) is 16.8 Å². The summed E-state index contributed by atoms with van der Waals surface area (Å²) < 4.78 is 19.0. The number of pyridine rings is 1. The molecule has 0 atom stereocenters. The van der Waals surface area contributed by atoms with Gasteiger partial charge in [0.15, 0.2) is 11.6 Å². The lowest BCUT2D eigenvalue weighted by Crippen LogP contribution is -2.03. The number of nitriles is 1. The summed E-state index contributed by atoms with van der Waals surface area (Å²) in [4.78, 5) is 4.05. The molecule has 0 saturated carbocycles. The largest absolute Gasteiger partial charge is 0.485 e. The molecule has 0 spiro atoms. The Morgan fingerprint density at radius 1 is 1.37 bits per heavy atom. The second-order valence-electron chi connectivity index (χ2n) is 4.04. The van der Waals surface area contributed by atoms with Crippen LogP contribution in [0.4, 0.5) is 10.2 Å². The van der Waals surface area contributed by atoms with E-state index in [1.165, 1.54) is 12.1 Å². The van der Waals surface area contributed by atoms with Crippen molar-refractivity contribution in [1.82, 2.24) is 4.98 Å². The lowest BCUT2D eigenvalue weighted by molar-refractivity contribution is 0.300. The Morgan fingerprint density at radius 3 is 2.79 bits per heavy atom. The Labute approximate surface area is 110 Å². The van der Waals surface area contributed by atoms with Crippen LogP contribution < -0.4 is 10.5 Å². The Bertz CT molecular complexity index is 650. The van der Waals surface area contributed by atoms with Crippen LogP contribution in [0, 0.1) is 24.1 Å². The van der Waals surface area contributed by atoms with E-state index in [-0.39, 0.29) is 18.0 Å². The second-order valence-corrected chi connectivity index (χ2v) is 4.04. The van der Waals surface area contributed by atoms with Gasteiger partial charge in [-0.25, -0.2) is 9.37 Å². The highest BCUT2D eigenvalue weighted by molar-refractivity contribution is 5.46. The van der Waals surface area contributed by atoms with Gasteiger partial charge < -0.3 is 10.5 Å². The van der Waals surface area contributed by atoms with Gasteiger partial charge in [0.1, 0.15) is 12.4 Å². The van der Waals surface area contributed by atoms with Crippen LogP contribution in [0.15, 0.2) is 30.3 Å². The number of halogens is 1. The monoisotopic (exact) mass is 257 g/mol. The van der Waals surface area contributed by atoms with Crippen molar-refractivity contribution >= 4 is 5.82 Å². The summed E-state index contributed by atoms with van der Waals surface area (Å²) >= 11 is 0. The molecular weight excluding hydrogens is 245 g/mol. The molecule has 4 nitrogen and oxygen atoms in total. The predicted molar refractivity (Wildman–Crippen MR) is 68.8 cm³/mol. The third-order valence-electron chi connectivity index (χ3n) is 2.59. The fourth-order valence-corrected chi connectivity index (χ4v) is 1.58. The lowest BCUT2D eigenvalue weighted by Gasteiger charge is -2.09. The molecule has 0 aliphatic rings. The summed E-state index contributed by atoms with van der Waals surface area (Å²) in [7, 11) is 0. The molecule has 0 unspecified atom stereocenters. The standard InChI is InChI=1S/C14H12FN3O/c1-9-2-5-13(14(17)18-9)19-8-11-4-3-10(7-16)6-12(11)15/h2-6H,8H2,1H3,(H2,17,18). The number of aryl methyl sites for hydroxylation is 1. The van der Waals surface area contributed by atoms with E-state index >= 15 is 0 Å². The zero-order valence-electron chi connectivity index (χ0n) is 10.4. The van der Waals surface area contributed by atoms with E-state index in [9.17, 15) is 4.39 Å². The van der Waals surface area contributed by atoms with Gasteiger partial charge in [0.2, 0.25) is 0 Å². The van der Waals surface area contributed by atoms with E-state index in [1.807, 2.05) is 13.0 Å². The summed E-state index contributed by atoms with van der Waals surface area (Å²) in [6.45, 7) is 1.85. The van der Waals surface area contributed by atoms with Crippen molar-refractivity contribution in [2.45, 2.75) is 13.5 Å². The molecule has 19 heavy (non-hydrogen) atoms. The number of aromatic nitrogens is 1. The third kappa shape index (κ3) is 2.99. The normalized spacial score (nSPS) is 9.95. The molecular formula is C14H12FN3O. The summed E-state index contributed by atoms with van der Waals surface area (Å²) in [6.07, 6.45) is 0. The molecule has 1 aromatic heterocycles. The number of nitrogens with two attached hydrogens (primary N) is 1. The second kappa shape index (κ2) is 5.36. The zero-order valence-corrected chi connectivity index (χ0v) is 10.4. The fraction of sp³-hybridized carbons (Fsp3) is 0.143. The van der Waals surface area contributed by atoms with Crippen molar-refractivity contribution in [3.63, 3.8) is 0 Å². The molecule has 1 heterocycles. The first-order valence-electron chi connectivity index (χ1n) is 5.64. The number of ether oxygens (including phenoxy) is 1. The van der Waals surface area contributed by atoms with Gasteiger partial charge in [-0.2, -0.15) is 5.26 Å². The lowest BCUT2D eigenvalue weighted by atomic mass is 10.1. The number of nitrogen functional groups attached to an aromatic ring is 1. The van der Waals surface area contributed by atoms with Gasteiger partial charge in [0.05, 0.1) is 11.6 Å². The molecule has 0 bridgehead atoms. The molecule has 96 valence electrons. The minimum Gasteiger partial charge on any atom is -0.485 e. The smallest absolute Gasteiger partial charge is 0.166 e. The minimum absolute atomic E-state index is 0.0342. The van der Waals surface area contributed by atoms with Crippen LogP contribution in [0.25, 0.3) is 0 Å². The molecule has 0 radical (unpaired) electrons. The highest BCUT2D eigenvalue weighted by Crippen LogP contribution is 2.21. The number of hydrogen-bond donors (Lipinski definition) is 1. The maximum absolute atomic E-state index is 13.6. The van der Waals surface area contributed by atoms with Crippen LogP contribution in [-0.4, -0.2) is 4.98 Å². The third-order valence-corrected chi connectivity index (χ3v) is 2.59. The van der Waals surface area contributed by atoms with Gasteiger partial charge in [0.25, 0.3) is 0 Å². The molecule has 0 amide bonds. The molecule has 0 fully saturated rings. The number of rotatable bonds is 3. The Morgan fingerprint density at radius 2 is 2.16 bits per heavy atom. The van der Waals surface area contributed by atoms with Gasteiger partial charge in [-0.1, -0.05) is 6.07 Å². The summed E-state index contributed by atoms with van der Waals surface area (Å²) in [5.74, 6) is 0.209. The van der Waals surface area contributed by atoms with Crippen molar-refractivity contribution in [2.24, 2.45) is 0 Å². The van der Waals surface area contributed by atoms with Crippen molar-refractivity contribution in [3.8, 4) is 11.8 Å². The van der Waals surface area contributed by atoms with Crippen molar-refractivity contribution in [2.75, 3.05) is 5.73 Å². The van der Waals surface area contributed by atoms with Crippen molar-refractivity contribution in [1.29, 1.82) is 5.26 Å². The number of hydrogen-bond acceptors (Lipinski definition) is 4. The minimum atomic E-state index is -0.474. The maximum Gasteiger partial charge on any atom is 0.166 e. The van der Waals surface area contributed by atoms with Crippen LogP contribution in [0.5, 0.6) is 5.75 Å². The van der Waals surface area contributed by atoms with Crippen LogP contribution in [0.3, 0.4) is 0 Å². The molecule has 5 heteroatoms. The molecule has 2 rings (SSSR count).